The Bertz CT molecular complexity index is 1390. The van der Waals surface area contributed by atoms with E-state index in [1.165, 1.54) is 42.5 Å². The lowest BCUT2D eigenvalue weighted by Crippen LogP contribution is -2.36. The Kier molecular flexibility index (Phi) is 9.93. The summed E-state index contributed by atoms with van der Waals surface area (Å²) < 4.78 is 78.2. The molecule has 3 aromatic carbocycles. The monoisotopic (exact) mass is 578 g/mol. The molecule has 0 spiro atoms. The molecule has 0 saturated carbocycles. The first-order valence-corrected chi connectivity index (χ1v) is 12.3. The van der Waals surface area contributed by atoms with E-state index in [2.05, 4.69) is 0 Å². The van der Waals surface area contributed by atoms with Gasteiger partial charge in [-0.2, -0.15) is 22.0 Å². The second-order valence-corrected chi connectivity index (χ2v) is 8.76. The van der Waals surface area contributed by atoms with E-state index in [4.69, 9.17) is 25.7 Å². The number of nitrogens with two attached hydrogens (primary N) is 2. The first-order chi connectivity index (χ1) is 19.3. The number of rotatable bonds is 11. The number of hydrogen-bond donors (Lipinski definition) is 2. The summed E-state index contributed by atoms with van der Waals surface area (Å²) in [5.41, 5.74) is 13.9. The van der Waals surface area contributed by atoms with Gasteiger partial charge in [-0.25, -0.2) is 9.59 Å². The molecule has 0 aliphatic carbocycles. The fourth-order valence-electron chi connectivity index (χ4n) is 3.56. The molecule has 0 aliphatic rings. The van der Waals surface area contributed by atoms with Gasteiger partial charge in [0.25, 0.3) is 0 Å². The van der Waals surface area contributed by atoms with Crippen LogP contribution in [0.25, 0.3) is 11.6 Å². The smallest absolute Gasteiger partial charge is 0.453 e. The first kappa shape index (κ1) is 30.9. The van der Waals surface area contributed by atoms with E-state index >= 15 is 0 Å². The molecule has 4 N–H and O–H groups in total. The van der Waals surface area contributed by atoms with E-state index in [9.17, 15) is 31.5 Å². The zero-order valence-corrected chi connectivity index (χ0v) is 21.8. The van der Waals surface area contributed by atoms with E-state index in [0.717, 1.165) is 0 Å². The van der Waals surface area contributed by atoms with E-state index in [1.807, 2.05) is 0 Å². The summed E-state index contributed by atoms with van der Waals surface area (Å²) in [6.07, 6.45) is -5.94. The van der Waals surface area contributed by atoms with Crippen molar-refractivity contribution in [1.82, 2.24) is 0 Å². The number of alkyl halides is 5. The molecule has 41 heavy (non-hydrogen) atoms. The molecule has 0 atom stereocenters. The highest BCUT2D eigenvalue weighted by Gasteiger charge is 2.56. The zero-order valence-electron chi connectivity index (χ0n) is 21.8. The summed E-state index contributed by atoms with van der Waals surface area (Å²) in [7, 11) is 0. The van der Waals surface area contributed by atoms with Gasteiger partial charge in [0.05, 0.1) is 24.4 Å². The van der Waals surface area contributed by atoms with Crippen molar-refractivity contribution in [2.75, 3.05) is 24.7 Å². The van der Waals surface area contributed by atoms with Gasteiger partial charge in [-0.15, -0.1) is 0 Å². The van der Waals surface area contributed by atoms with Crippen molar-refractivity contribution in [3.63, 3.8) is 0 Å². The van der Waals surface area contributed by atoms with Crippen LogP contribution in [0.1, 0.15) is 41.3 Å². The van der Waals surface area contributed by atoms with Crippen molar-refractivity contribution in [3.05, 3.63) is 83.4 Å². The molecule has 0 heterocycles. The van der Waals surface area contributed by atoms with Gasteiger partial charge in [-0.1, -0.05) is 12.1 Å². The summed E-state index contributed by atoms with van der Waals surface area (Å²) in [5.74, 6) is -5.67. The summed E-state index contributed by atoms with van der Waals surface area (Å²) >= 11 is 0. The maximum absolute atomic E-state index is 13.0. The van der Waals surface area contributed by atoms with Crippen molar-refractivity contribution >= 4 is 35.0 Å². The molecule has 0 fully saturated rings. The molecule has 218 valence electrons. The van der Waals surface area contributed by atoms with E-state index in [-0.39, 0.29) is 35.8 Å². The second-order valence-electron chi connectivity index (χ2n) is 8.76. The summed E-state index contributed by atoms with van der Waals surface area (Å²) in [4.78, 5) is 25.1. The van der Waals surface area contributed by atoms with Crippen LogP contribution < -0.4 is 20.9 Å². The molecule has 0 bridgehead atoms. The molecule has 0 saturated heterocycles. The maximum atomic E-state index is 13.0. The molecular weight excluding hydrogens is 551 g/mol. The average Bonchev–Trinajstić information content (AvgIpc) is 2.91. The molecule has 3 rings (SSSR count). The van der Waals surface area contributed by atoms with Gasteiger partial charge in [0.1, 0.15) is 11.5 Å². The third-order valence-corrected chi connectivity index (χ3v) is 5.67. The van der Waals surface area contributed by atoms with E-state index < -0.39 is 36.9 Å². The summed E-state index contributed by atoms with van der Waals surface area (Å²) in [6, 6.07) is 16.5. The molecular formula is C29H27F5N2O5. The van der Waals surface area contributed by atoms with Crippen LogP contribution in [0.4, 0.5) is 33.3 Å². The standard InChI is InChI=1S/C29H27F5N2O5/c1-2-39-27(38)24(23-13-8-20(35)17-25(23)36)16-18-4-9-22(10-5-18)41-26(37)19-6-11-21(12-7-19)40-15-3-14-28(30,31)29(32,33)34/h4-13,16-17H,2-3,14-15,35-36H2,1H3. The molecule has 3 aromatic rings. The number of ether oxygens (including phenoxy) is 3. The number of esters is 2. The van der Waals surface area contributed by atoms with Gasteiger partial charge in [-0.05, 0) is 79.6 Å². The number of carbonyl (C=O) groups excluding carboxylic acids is 2. The van der Waals surface area contributed by atoms with Crippen LogP contribution in [0, 0.1) is 0 Å². The van der Waals surface area contributed by atoms with Gasteiger partial charge in [0.2, 0.25) is 0 Å². The normalized spacial score (nSPS) is 12.1. The molecule has 0 unspecified atom stereocenters. The molecule has 0 aromatic heterocycles. The summed E-state index contributed by atoms with van der Waals surface area (Å²) in [5, 5.41) is 0. The third-order valence-electron chi connectivity index (χ3n) is 5.67. The minimum absolute atomic E-state index is 0.147. The minimum Gasteiger partial charge on any atom is -0.494 e. The van der Waals surface area contributed by atoms with Gasteiger partial charge < -0.3 is 25.7 Å². The van der Waals surface area contributed by atoms with Crippen LogP contribution in [0.15, 0.2) is 66.7 Å². The summed E-state index contributed by atoms with van der Waals surface area (Å²) in [6.45, 7) is 1.48. The van der Waals surface area contributed by atoms with Crippen LogP contribution in [0.5, 0.6) is 11.5 Å². The van der Waals surface area contributed by atoms with E-state index in [0.29, 0.717) is 22.5 Å². The molecule has 0 radical (unpaired) electrons. The van der Waals surface area contributed by atoms with Crippen LogP contribution in [-0.4, -0.2) is 37.3 Å². The van der Waals surface area contributed by atoms with Crippen molar-refractivity contribution in [2.24, 2.45) is 0 Å². The lowest BCUT2D eigenvalue weighted by atomic mass is 10.0. The Morgan fingerprint density at radius 2 is 1.51 bits per heavy atom. The van der Waals surface area contributed by atoms with Crippen molar-refractivity contribution < 1.29 is 45.8 Å². The quantitative estimate of drug-likeness (QED) is 0.0506. The van der Waals surface area contributed by atoms with Crippen molar-refractivity contribution in [3.8, 4) is 11.5 Å². The Morgan fingerprint density at radius 3 is 2.10 bits per heavy atom. The number of nitrogen functional groups attached to an aromatic ring is 2. The van der Waals surface area contributed by atoms with Crippen molar-refractivity contribution in [2.45, 2.75) is 31.9 Å². The topological polar surface area (TPSA) is 114 Å². The highest BCUT2D eigenvalue weighted by molar-refractivity contribution is 6.23. The van der Waals surface area contributed by atoms with Crippen LogP contribution in [-0.2, 0) is 9.53 Å². The number of anilines is 2. The van der Waals surface area contributed by atoms with Crippen LogP contribution >= 0.6 is 0 Å². The van der Waals surface area contributed by atoms with Gasteiger partial charge in [-0.3, -0.25) is 0 Å². The Labute approximate surface area is 232 Å². The highest BCUT2D eigenvalue weighted by Crippen LogP contribution is 2.38. The Balaban J connectivity index is 1.62. The lowest BCUT2D eigenvalue weighted by Gasteiger charge is -2.19. The molecule has 7 nitrogen and oxygen atoms in total. The van der Waals surface area contributed by atoms with E-state index in [1.54, 1.807) is 37.3 Å². The third kappa shape index (κ3) is 8.44. The number of benzene rings is 3. The van der Waals surface area contributed by atoms with Crippen molar-refractivity contribution in [1.29, 1.82) is 0 Å². The predicted octanol–water partition coefficient (Wildman–Crippen LogP) is 6.53. The molecule has 0 aliphatic heterocycles. The Hall–Kier alpha value is -4.61. The van der Waals surface area contributed by atoms with Gasteiger partial charge in [0.15, 0.2) is 0 Å². The largest absolute Gasteiger partial charge is 0.494 e. The molecule has 12 heteroatoms. The zero-order chi connectivity index (χ0) is 30.2. The van der Waals surface area contributed by atoms with Crippen LogP contribution in [0.3, 0.4) is 0 Å². The SMILES string of the molecule is CCOC(=O)C(=Cc1ccc(OC(=O)c2ccc(OCCCC(F)(F)C(F)(F)F)cc2)cc1)c1ccc(N)cc1N. The first-order valence-electron chi connectivity index (χ1n) is 12.3. The number of halogens is 5. The second kappa shape index (κ2) is 13.2. The number of hydrogen-bond acceptors (Lipinski definition) is 7. The molecule has 0 amide bonds. The maximum Gasteiger partial charge on any atom is 0.453 e. The fraction of sp³-hybridized carbons (Fsp3) is 0.241. The van der Waals surface area contributed by atoms with Gasteiger partial charge in [0, 0.05) is 23.4 Å². The predicted molar refractivity (Wildman–Crippen MR) is 143 cm³/mol. The fourth-order valence-corrected chi connectivity index (χ4v) is 3.56. The average molecular weight is 579 g/mol. The Morgan fingerprint density at radius 1 is 0.878 bits per heavy atom. The lowest BCUT2D eigenvalue weighted by molar-refractivity contribution is -0.284. The van der Waals surface area contributed by atoms with Gasteiger partial charge >= 0.3 is 24.0 Å². The highest BCUT2D eigenvalue weighted by atomic mass is 19.4. The van der Waals surface area contributed by atoms with Crippen LogP contribution in [0.2, 0.25) is 0 Å². The minimum atomic E-state index is -5.61. The number of carbonyl (C=O) groups is 2.